The number of nitrogens with zero attached hydrogens (tertiary/aromatic N) is 3. The van der Waals surface area contributed by atoms with E-state index < -0.39 is 22.7 Å². The van der Waals surface area contributed by atoms with Crippen LogP contribution < -0.4 is 0 Å². The smallest absolute Gasteiger partial charge is 0.308 e. The van der Waals surface area contributed by atoms with E-state index in [0.29, 0.717) is 0 Å². The van der Waals surface area contributed by atoms with Gasteiger partial charge in [0.25, 0.3) is 11.6 Å². The van der Waals surface area contributed by atoms with Crippen LogP contribution in [0.1, 0.15) is 24.2 Å². The Balaban J connectivity index is 3.07. The highest BCUT2D eigenvalue weighted by molar-refractivity contribution is 6.32. The number of halogens is 1. The van der Waals surface area contributed by atoms with Gasteiger partial charge in [0.15, 0.2) is 0 Å². The minimum absolute atomic E-state index is 0.0241. The maximum absolute atomic E-state index is 12.3. The van der Waals surface area contributed by atoms with Crippen LogP contribution in [-0.2, 0) is 4.79 Å². The zero-order chi connectivity index (χ0) is 16.2. The van der Waals surface area contributed by atoms with Crippen LogP contribution in [0.15, 0.2) is 12.3 Å². The van der Waals surface area contributed by atoms with Crippen molar-refractivity contribution < 1.29 is 19.6 Å². The third-order valence-corrected chi connectivity index (χ3v) is 3.15. The second-order valence-corrected chi connectivity index (χ2v) is 4.73. The lowest BCUT2D eigenvalue weighted by molar-refractivity contribution is -0.385. The normalized spacial score (nSPS) is 11.8. The molecule has 1 N–H and O–H groups in total. The van der Waals surface area contributed by atoms with Crippen LogP contribution in [0.5, 0.6) is 0 Å². The molecule has 114 valence electrons. The van der Waals surface area contributed by atoms with Gasteiger partial charge in [0, 0.05) is 19.2 Å². The maximum Gasteiger partial charge on any atom is 0.308 e. The number of carbonyl (C=O) groups is 2. The van der Waals surface area contributed by atoms with Gasteiger partial charge < -0.3 is 10.0 Å². The van der Waals surface area contributed by atoms with E-state index in [-0.39, 0.29) is 29.5 Å². The summed E-state index contributed by atoms with van der Waals surface area (Å²) >= 11 is 5.80. The monoisotopic (exact) mass is 315 g/mol. The Bertz CT molecular complexity index is 578. The van der Waals surface area contributed by atoms with E-state index in [1.54, 1.807) is 6.92 Å². The quantitative estimate of drug-likeness (QED) is 0.486. The molecule has 8 nitrogen and oxygen atoms in total. The first-order valence-corrected chi connectivity index (χ1v) is 6.47. The Morgan fingerprint density at radius 2 is 2.19 bits per heavy atom. The molecule has 0 saturated heterocycles. The summed E-state index contributed by atoms with van der Waals surface area (Å²) < 4.78 is 0. The number of carboxylic acids is 1. The predicted octanol–water partition coefficient (Wildman–Crippen LogP) is 1.83. The van der Waals surface area contributed by atoms with Crippen LogP contribution in [0.4, 0.5) is 5.69 Å². The number of amides is 1. The molecule has 1 unspecified atom stereocenters. The van der Waals surface area contributed by atoms with Crippen LogP contribution in [-0.4, -0.2) is 44.9 Å². The molecule has 1 atom stereocenters. The SMILES string of the molecule is CCN(CC(C)C(=O)O)C(=O)c1cc([N+](=O)[O-])cnc1Cl. The maximum atomic E-state index is 12.3. The summed E-state index contributed by atoms with van der Waals surface area (Å²) in [5.41, 5.74) is -0.476. The van der Waals surface area contributed by atoms with Crippen LogP contribution in [0.25, 0.3) is 0 Å². The number of aliphatic carboxylic acids is 1. The lowest BCUT2D eigenvalue weighted by Crippen LogP contribution is -2.37. The van der Waals surface area contributed by atoms with Crippen molar-refractivity contribution in [2.75, 3.05) is 13.1 Å². The molecule has 0 aromatic carbocycles. The predicted molar refractivity (Wildman–Crippen MR) is 74.3 cm³/mol. The van der Waals surface area contributed by atoms with Gasteiger partial charge in [0.1, 0.15) is 11.3 Å². The highest BCUT2D eigenvalue weighted by atomic mass is 35.5. The van der Waals surface area contributed by atoms with Gasteiger partial charge in [-0.05, 0) is 6.92 Å². The van der Waals surface area contributed by atoms with Crippen LogP contribution in [0.3, 0.4) is 0 Å². The molecule has 0 bridgehead atoms. The van der Waals surface area contributed by atoms with E-state index in [0.717, 1.165) is 12.3 Å². The molecule has 9 heteroatoms. The topological polar surface area (TPSA) is 114 Å². The van der Waals surface area contributed by atoms with Gasteiger partial charge in [-0.2, -0.15) is 0 Å². The van der Waals surface area contributed by atoms with Crippen molar-refractivity contribution >= 4 is 29.2 Å². The number of hydrogen-bond acceptors (Lipinski definition) is 5. The number of rotatable bonds is 6. The summed E-state index contributed by atoms with van der Waals surface area (Å²) in [6, 6.07) is 1.03. The van der Waals surface area contributed by atoms with Gasteiger partial charge in [-0.15, -0.1) is 0 Å². The fraction of sp³-hybridized carbons (Fsp3) is 0.417. The second kappa shape index (κ2) is 6.98. The number of aromatic nitrogens is 1. The standard InChI is InChI=1S/C12H14ClN3O5/c1-3-15(6-7(2)12(18)19)11(17)9-4-8(16(20)21)5-14-10(9)13/h4-5,7H,3,6H2,1-2H3,(H,18,19). The third kappa shape index (κ3) is 4.12. The zero-order valence-electron chi connectivity index (χ0n) is 11.4. The van der Waals surface area contributed by atoms with E-state index in [2.05, 4.69) is 4.98 Å². The molecule has 0 radical (unpaired) electrons. The molecule has 1 aromatic heterocycles. The van der Waals surface area contributed by atoms with Crippen molar-refractivity contribution in [3.05, 3.63) is 33.1 Å². The fourth-order valence-corrected chi connectivity index (χ4v) is 1.81. The Hall–Kier alpha value is -2.22. The summed E-state index contributed by atoms with van der Waals surface area (Å²) in [6.45, 7) is 3.36. The van der Waals surface area contributed by atoms with Gasteiger partial charge >= 0.3 is 5.97 Å². The molecule has 1 aromatic rings. The molecule has 0 aliphatic carbocycles. The van der Waals surface area contributed by atoms with Crippen LogP contribution in [0.2, 0.25) is 5.15 Å². The molecule has 0 fully saturated rings. The van der Waals surface area contributed by atoms with Crippen molar-refractivity contribution in [2.45, 2.75) is 13.8 Å². The number of nitro groups is 1. The molecule has 0 aliphatic heterocycles. The average molecular weight is 316 g/mol. The number of hydrogen-bond donors (Lipinski definition) is 1. The number of pyridine rings is 1. The molecule has 0 saturated carbocycles. The number of carboxylic acid groups (broad SMARTS) is 1. The molecule has 0 spiro atoms. The van der Waals surface area contributed by atoms with Gasteiger partial charge in [-0.1, -0.05) is 18.5 Å². The Morgan fingerprint density at radius 3 is 2.67 bits per heavy atom. The van der Waals surface area contributed by atoms with E-state index in [9.17, 15) is 19.7 Å². The average Bonchev–Trinajstić information content (AvgIpc) is 2.43. The molecule has 1 amide bonds. The zero-order valence-corrected chi connectivity index (χ0v) is 12.2. The first-order chi connectivity index (χ1) is 9.77. The van der Waals surface area contributed by atoms with E-state index >= 15 is 0 Å². The fourth-order valence-electron chi connectivity index (χ4n) is 1.62. The van der Waals surface area contributed by atoms with Crippen molar-refractivity contribution in [1.29, 1.82) is 0 Å². The van der Waals surface area contributed by atoms with Crippen LogP contribution in [0, 0.1) is 16.0 Å². The van der Waals surface area contributed by atoms with E-state index in [4.69, 9.17) is 16.7 Å². The molecule has 1 rings (SSSR count). The molecule has 21 heavy (non-hydrogen) atoms. The highest BCUT2D eigenvalue weighted by Gasteiger charge is 2.24. The lowest BCUT2D eigenvalue weighted by atomic mass is 10.1. The minimum Gasteiger partial charge on any atom is -0.481 e. The van der Waals surface area contributed by atoms with Gasteiger partial charge in [-0.25, -0.2) is 4.98 Å². The largest absolute Gasteiger partial charge is 0.481 e. The Morgan fingerprint density at radius 1 is 1.57 bits per heavy atom. The second-order valence-electron chi connectivity index (χ2n) is 4.37. The van der Waals surface area contributed by atoms with Gasteiger partial charge in [0.2, 0.25) is 0 Å². The summed E-state index contributed by atoms with van der Waals surface area (Å²) in [4.78, 5) is 38.1. The molecule has 1 heterocycles. The van der Waals surface area contributed by atoms with Gasteiger partial charge in [0.05, 0.1) is 16.4 Å². The van der Waals surface area contributed by atoms with E-state index in [1.165, 1.54) is 11.8 Å². The van der Waals surface area contributed by atoms with E-state index in [1.807, 2.05) is 0 Å². The molecular formula is C12H14ClN3O5. The first kappa shape index (κ1) is 16.8. The summed E-state index contributed by atoms with van der Waals surface area (Å²) in [7, 11) is 0. The third-order valence-electron chi connectivity index (χ3n) is 2.85. The Kier molecular flexibility index (Phi) is 5.60. The van der Waals surface area contributed by atoms with Crippen molar-refractivity contribution in [1.82, 2.24) is 9.88 Å². The molecular weight excluding hydrogens is 302 g/mol. The first-order valence-electron chi connectivity index (χ1n) is 6.09. The number of carbonyl (C=O) groups excluding carboxylic acids is 1. The summed E-state index contributed by atoms with van der Waals surface area (Å²) in [5, 5.41) is 19.4. The highest BCUT2D eigenvalue weighted by Crippen LogP contribution is 2.21. The minimum atomic E-state index is -1.04. The van der Waals surface area contributed by atoms with Crippen molar-refractivity contribution in [2.24, 2.45) is 5.92 Å². The van der Waals surface area contributed by atoms with Crippen molar-refractivity contribution in [3.63, 3.8) is 0 Å². The van der Waals surface area contributed by atoms with Crippen molar-refractivity contribution in [3.8, 4) is 0 Å². The lowest BCUT2D eigenvalue weighted by Gasteiger charge is -2.23. The Labute approximate surface area is 125 Å². The summed E-state index contributed by atoms with van der Waals surface area (Å²) in [6.07, 6.45) is 0.954. The summed E-state index contributed by atoms with van der Waals surface area (Å²) in [5.74, 6) is -2.39. The molecule has 0 aliphatic rings. The van der Waals surface area contributed by atoms with Crippen LogP contribution >= 0.6 is 11.6 Å². The van der Waals surface area contributed by atoms with Gasteiger partial charge in [-0.3, -0.25) is 19.7 Å².